The van der Waals surface area contributed by atoms with E-state index in [0.717, 1.165) is 5.69 Å². The highest BCUT2D eigenvalue weighted by Gasteiger charge is 1.72. The molecule has 1 rings (SSSR count). The van der Waals surface area contributed by atoms with Crippen LogP contribution in [0.4, 0.5) is 5.69 Å². The molecule has 0 unspecified atom stereocenters. The van der Waals surface area contributed by atoms with Crippen LogP contribution in [0.3, 0.4) is 0 Å². The number of anilines is 1. The highest BCUT2D eigenvalue weighted by Crippen LogP contribution is 1.95. The summed E-state index contributed by atoms with van der Waals surface area (Å²) < 4.78 is 9.56. The molecule has 2 N–H and O–H groups in total. The summed E-state index contributed by atoms with van der Waals surface area (Å²) in [5.74, 6) is 0. The van der Waals surface area contributed by atoms with Crippen LogP contribution < -0.4 is 5.73 Å². The first kappa shape index (κ1) is 10.2. The molecule has 3 heteroatoms. The fourth-order valence-electron chi connectivity index (χ4n) is 0.453. The molecule has 0 fully saturated rings. The summed E-state index contributed by atoms with van der Waals surface area (Å²) in [4.78, 5) is 0. The standard InChI is InChI=1S/C6H7N.C2H6OS/c7-6-4-2-1-3-5-6;1-4(2)3/h1-5H,7H2;1-2H3. The van der Waals surface area contributed by atoms with Gasteiger partial charge in [-0.3, -0.25) is 4.21 Å². The molecule has 1 aromatic carbocycles. The quantitative estimate of drug-likeness (QED) is 0.597. The van der Waals surface area contributed by atoms with Crippen molar-refractivity contribution in [1.29, 1.82) is 0 Å². The largest absolute Gasteiger partial charge is 0.399 e. The number of rotatable bonds is 0. The maximum absolute atomic E-state index is 9.56. The molecule has 0 saturated heterocycles. The third-order valence-electron chi connectivity index (χ3n) is 0.800. The van der Waals surface area contributed by atoms with Gasteiger partial charge >= 0.3 is 0 Å². The zero-order valence-electron chi connectivity index (χ0n) is 6.78. The lowest BCUT2D eigenvalue weighted by Gasteiger charge is -1.83. The van der Waals surface area contributed by atoms with E-state index in [0.29, 0.717) is 0 Å². The SMILES string of the molecule is CS(C)=O.Nc1ccccc1. The smallest absolute Gasteiger partial charge is 0.0313 e. The van der Waals surface area contributed by atoms with Crippen molar-refractivity contribution in [2.24, 2.45) is 0 Å². The average Bonchev–Trinajstić information content (AvgIpc) is 1.87. The summed E-state index contributed by atoms with van der Waals surface area (Å²) in [5, 5.41) is 0. The van der Waals surface area contributed by atoms with Gasteiger partial charge in [0, 0.05) is 29.0 Å². The number of para-hydroxylation sites is 1. The van der Waals surface area contributed by atoms with Crippen molar-refractivity contribution >= 4 is 16.5 Å². The van der Waals surface area contributed by atoms with Crippen LogP contribution in [0.2, 0.25) is 0 Å². The molecule has 0 bridgehead atoms. The van der Waals surface area contributed by atoms with Crippen LogP contribution in [0.5, 0.6) is 0 Å². The number of nitrogens with two attached hydrogens (primary N) is 1. The van der Waals surface area contributed by atoms with Gasteiger partial charge < -0.3 is 5.73 Å². The fraction of sp³-hybridized carbons (Fsp3) is 0.250. The van der Waals surface area contributed by atoms with Gasteiger partial charge in [-0.1, -0.05) is 18.2 Å². The fourth-order valence-corrected chi connectivity index (χ4v) is 0.453. The Hall–Kier alpha value is -0.830. The van der Waals surface area contributed by atoms with E-state index < -0.39 is 10.8 Å². The van der Waals surface area contributed by atoms with Gasteiger partial charge in [-0.25, -0.2) is 0 Å². The molecular weight excluding hydrogens is 158 g/mol. The molecule has 0 aromatic heterocycles. The predicted molar refractivity (Wildman–Crippen MR) is 50.8 cm³/mol. The van der Waals surface area contributed by atoms with E-state index in [1.165, 1.54) is 0 Å². The van der Waals surface area contributed by atoms with Crippen LogP contribution in [0.15, 0.2) is 30.3 Å². The topological polar surface area (TPSA) is 43.1 Å². The Morgan fingerprint density at radius 2 is 1.55 bits per heavy atom. The van der Waals surface area contributed by atoms with Crippen molar-refractivity contribution < 1.29 is 4.21 Å². The zero-order chi connectivity index (χ0) is 8.69. The second-order valence-electron chi connectivity index (χ2n) is 2.15. The lowest BCUT2D eigenvalue weighted by atomic mass is 10.3. The Balaban J connectivity index is 0.000000218. The zero-order valence-corrected chi connectivity index (χ0v) is 7.60. The highest BCUT2D eigenvalue weighted by molar-refractivity contribution is 7.83. The molecule has 0 saturated carbocycles. The van der Waals surface area contributed by atoms with Crippen molar-refractivity contribution in [3.63, 3.8) is 0 Å². The molecule has 0 amide bonds. The molecule has 11 heavy (non-hydrogen) atoms. The van der Waals surface area contributed by atoms with Crippen molar-refractivity contribution in [3.8, 4) is 0 Å². The van der Waals surface area contributed by atoms with Crippen LogP contribution >= 0.6 is 0 Å². The van der Waals surface area contributed by atoms with Gasteiger partial charge in [0.15, 0.2) is 0 Å². The van der Waals surface area contributed by atoms with Gasteiger partial charge in [0.2, 0.25) is 0 Å². The average molecular weight is 171 g/mol. The Labute approximate surface area is 69.9 Å². The first-order valence-electron chi connectivity index (χ1n) is 3.18. The van der Waals surface area contributed by atoms with E-state index in [1.807, 2.05) is 30.3 Å². The number of hydrogen-bond acceptors (Lipinski definition) is 2. The molecule has 0 atom stereocenters. The summed E-state index contributed by atoms with van der Waals surface area (Å²) in [6.07, 6.45) is 3.28. The maximum Gasteiger partial charge on any atom is 0.0313 e. The Morgan fingerprint density at radius 3 is 1.73 bits per heavy atom. The number of benzene rings is 1. The lowest BCUT2D eigenvalue weighted by Crippen LogP contribution is -1.79. The van der Waals surface area contributed by atoms with Crippen LogP contribution in [-0.4, -0.2) is 16.7 Å². The normalized spacial score (nSPS) is 8.64. The highest BCUT2D eigenvalue weighted by atomic mass is 32.2. The molecule has 0 aliphatic rings. The van der Waals surface area contributed by atoms with E-state index in [2.05, 4.69) is 0 Å². The van der Waals surface area contributed by atoms with Crippen LogP contribution in [0.1, 0.15) is 0 Å². The van der Waals surface area contributed by atoms with Gasteiger partial charge in [0.25, 0.3) is 0 Å². The summed E-state index contributed by atoms with van der Waals surface area (Å²) in [6, 6.07) is 9.49. The van der Waals surface area contributed by atoms with Gasteiger partial charge in [-0.15, -0.1) is 0 Å². The van der Waals surface area contributed by atoms with Crippen molar-refractivity contribution in [1.82, 2.24) is 0 Å². The van der Waals surface area contributed by atoms with Gasteiger partial charge in [-0.2, -0.15) is 0 Å². The molecule has 62 valence electrons. The van der Waals surface area contributed by atoms with E-state index in [9.17, 15) is 4.21 Å². The summed E-state index contributed by atoms with van der Waals surface area (Å²) in [7, 11) is -0.611. The molecule has 0 aliphatic carbocycles. The monoisotopic (exact) mass is 171 g/mol. The molecule has 1 aromatic rings. The summed E-state index contributed by atoms with van der Waals surface area (Å²) in [6.45, 7) is 0. The first-order valence-corrected chi connectivity index (χ1v) is 5.15. The van der Waals surface area contributed by atoms with E-state index in [-0.39, 0.29) is 0 Å². The minimum atomic E-state index is -0.611. The van der Waals surface area contributed by atoms with Crippen LogP contribution in [0, 0.1) is 0 Å². The molecule has 0 spiro atoms. The number of nitrogen functional groups attached to an aromatic ring is 1. The second-order valence-corrected chi connectivity index (χ2v) is 3.64. The van der Waals surface area contributed by atoms with Gasteiger partial charge in [-0.05, 0) is 12.1 Å². The van der Waals surface area contributed by atoms with Crippen LogP contribution in [-0.2, 0) is 10.8 Å². The third-order valence-corrected chi connectivity index (χ3v) is 0.800. The lowest BCUT2D eigenvalue weighted by molar-refractivity contribution is 0.690. The predicted octanol–water partition coefficient (Wildman–Crippen LogP) is 1.26. The van der Waals surface area contributed by atoms with E-state index in [4.69, 9.17) is 5.73 Å². The molecule has 0 aliphatic heterocycles. The van der Waals surface area contributed by atoms with Crippen molar-refractivity contribution in [2.75, 3.05) is 18.2 Å². The van der Waals surface area contributed by atoms with Gasteiger partial charge in [0.05, 0.1) is 0 Å². The Bertz CT molecular complexity index is 207. The Morgan fingerprint density at radius 1 is 1.18 bits per heavy atom. The minimum absolute atomic E-state index is 0.611. The van der Waals surface area contributed by atoms with Crippen molar-refractivity contribution in [2.45, 2.75) is 0 Å². The summed E-state index contributed by atoms with van der Waals surface area (Å²) in [5.41, 5.74) is 6.18. The molecule has 0 heterocycles. The second kappa shape index (κ2) is 5.92. The maximum atomic E-state index is 9.56. The minimum Gasteiger partial charge on any atom is -0.399 e. The molecular formula is C8H13NOS. The third kappa shape index (κ3) is 9.17. The number of hydrogen-bond donors (Lipinski definition) is 1. The Kier molecular flexibility index (Phi) is 5.47. The van der Waals surface area contributed by atoms with Crippen molar-refractivity contribution in [3.05, 3.63) is 30.3 Å². The first-order chi connectivity index (χ1) is 5.13. The van der Waals surface area contributed by atoms with Crippen LogP contribution in [0.25, 0.3) is 0 Å². The molecule has 0 radical (unpaired) electrons. The summed E-state index contributed by atoms with van der Waals surface area (Å²) >= 11 is 0. The van der Waals surface area contributed by atoms with Gasteiger partial charge in [0.1, 0.15) is 0 Å². The van der Waals surface area contributed by atoms with E-state index in [1.54, 1.807) is 12.5 Å². The van der Waals surface area contributed by atoms with E-state index >= 15 is 0 Å². The molecule has 2 nitrogen and oxygen atoms in total.